The third kappa shape index (κ3) is 3.81. The van der Waals surface area contributed by atoms with Crippen LogP contribution in [-0.2, 0) is 16.1 Å². The van der Waals surface area contributed by atoms with Gasteiger partial charge in [-0.1, -0.05) is 36.4 Å². The van der Waals surface area contributed by atoms with Gasteiger partial charge in [-0.15, -0.1) is 0 Å². The smallest absolute Gasteiger partial charge is 0.158 e. The van der Waals surface area contributed by atoms with Crippen molar-refractivity contribution in [1.29, 1.82) is 0 Å². The van der Waals surface area contributed by atoms with Gasteiger partial charge in [0.05, 0.1) is 12.7 Å². The molecule has 1 aromatic rings. The third-order valence-corrected chi connectivity index (χ3v) is 3.32. The third-order valence-electron chi connectivity index (χ3n) is 3.32. The molecule has 0 amide bonds. The van der Waals surface area contributed by atoms with Crippen LogP contribution in [0.5, 0.6) is 0 Å². The second kappa shape index (κ2) is 6.50. The van der Waals surface area contributed by atoms with Crippen molar-refractivity contribution in [2.45, 2.75) is 45.3 Å². The first-order valence-corrected chi connectivity index (χ1v) is 6.63. The van der Waals surface area contributed by atoms with Gasteiger partial charge < -0.3 is 4.74 Å². The van der Waals surface area contributed by atoms with Crippen LogP contribution in [-0.4, -0.2) is 11.9 Å². The Balaban J connectivity index is 1.69. The predicted octanol–water partition coefficient (Wildman–Crippen LogP) is 3.66. The first-order chi connectivity index (χ1) is 8.75. The number of hydrogen-bond donors (Lipinski definition) is 0. The lowest BCUT2D eigenvalue weighted by Gasteiger charge is -2.13. The van der Waals surface area contributed by atoms with E-state index in [0.29, 0.717) is 18.8 Å². The highest BCUT2D eigenvalue weighted by Gasteiger charge is 2.15. The molecule has 96 valence electrons. The Bertz CT molecular complexity index is 420. The first-order valence-electron chi connectivity index (χ1n) is 6.63. The van der Waals surface area contributed by atoms with Crippen molar-refractivity contribution in [3.05, 3.63) is 47.5 Å². The van der Waals surface area contributed by atoms with Gasteiger partial charge >= 0.3 is 0 Å². The number of benzene rings is 1. The summed E-state index contributed by atoms with van der Waals surface area (Å²) < 4.78 is 5.78. The number of ketones is 1. The molecule has 0 saturated carbocycles. The Hall–Kier alpha value is -1.41. The SMILES string of the molecule is CC(CCC1=CCCC1=O)OCc1ccccc1. The monoisotopic (exact) mass is 244 g/mol. The van der Waals surface area contributed by atoms with Crippen LogP contribution in [0.1, 0.15) is 38.2 Å². The minimum Gasteiger partial charge on any atom is -0.374 e. The number of rotatable bonds is 6. The highest BCUT2D eigenvalue weighted by Crippen LogP contribution is 2.20. The summed E-state index contributed by atoms with van der Waals surface area (Å²) in [5, 5.41) is 0. The maximum atomic E-state index is 11.5. The van der Waals surface area contributed by atoms with Crippen molar-refractivity contribution >= 4 is 5.78 Å². The Morgan fingerprint density at radius 2 is 2.06 bits per heavy atom. The molecule has 1 atom stereocenters. The molecule has 0 spiro atoms. The molecular weight excluding hydrogens is 224 g/mol. The molecule has 0 radical (unpaired) electrons. The quantitative estimate of drug-likeness (QED) is 0.763. The number of ether oxygens (including phenoxy) is 1. The van der Waals surface area contributed by atoms with E-state index >= 15 is 0 Å². The van der Waals surface area contributed by atoms with Crippen LogP contribution >= 0.6 is 0 Å². The van der Waals surface area contributed by atoms with Crippen LogP contribution in [0.15, 0.2) is 42.0 Å². The Morgan fingerprint density at radius 3 is 2.72 bits per heavy atom. The average Bonchev–Trinajstić information content (AvgIpc) is 2.81. The van der Waals surface area contributed by atoms with Crippen LogP contribution in [0.4, 0.5) is 0 Å². The Kier molecular flexibility index (Phi) is 4.71. The van der Waals surface area contributed by atoms with E-state index in [1.165, 1.54) is 5.56 Å². The van der Waals surface area contributed by atoms with Crippen molar-refractivity contribution in [3.63, 3.8) is 0 Å². The molecule has 1 aliphatic carbocycles. The zero-order valence-corrected chi connectivity index (χ0v) is 10.9. The molecule has 0 N–H and O–H groups in total. The van der Waals surface area contributed by atoms with E-state index in [1.54, 1.807) is 0 Å². The lowest BCUT2D eigenvalue weighted by molar-refractivity contribution is -0.115. The highest BCUT2D eigenvalue weighted by molar-refractivity contribution is 5.97. The lowest BCUT2D eigenvalue weighted by Crippen LogP contribution is -2.09. The average molecular weight is 244 g/mol. The molecule has 2 heteroatoms. The van der Waals surface area contributed by atoms with Crippen molar-refractivity contribution in [3.8, 4) is 0 Å². The summed E-state index contributed by atoms with van der Waals surface area (Å²) >= 11 is 0. The van der Waals surface area contributed by atoms with E-state index in [0.717, 1.165) is 24.8 Å². The molecule has 0 heterocycles. The molecule has 2 rings (SSSR count). The van der Waals surface area contributed by atoms with E-state index in [2.05, 4.69) is 25.1 Å². The summed E-state index contributed by atoms with van der Waals surface area (Å²) in [6, 6.07) is 10.2. The van der Waals surface area contributed by atoms with Crippen LogP contribution < -0.4 is 0 Å². The molecule has 18 heavy (non-hydrogen) atoms. The van der Waals surface area contributed by atoms with Crippen LogP contribution in [0, 0.1) is 0 Å². The van der Waals surface area contributed by atoms with Gasteiger partial charge in [0.15, 0.2) is 5.78 Å². The first kappa shape index (κ1) is 13.0. The standard InChI is InChI=1S/C16H20O2/c1-13(10-11-15-8-5-9-16(15)17)18-12-14-6-3-2-4-7-14/h2-4,6-8,13H,5,9-12H2,1H3. The van der Waals surface area contributed by atoms with Gasteiger partial charge in [-0.25, -0.2) is 0 Å². The van der Waals surface area contributed by atoms with Crippen molar-refractivity contribution in [1.82, 2.24) is 0 Å². The number of carbonyl (C=O) groups is 1. The summed E-state index contributed by atoms with van der Waals surface area (Å²) in [6.07, 6.45) is 5.67. The molecule has 1 aliphatic rings. The summed E-state index contributed by atoms with van der Waals surface area (Å²) in [5.74, 6) is 0.324. The van der Waals surface area contributed by atoms with E-state index in [-0.39, 0.29) is 6.10 Å². The molecule has 1 aromatic carbocycles. The number of carbonyl (C=O) groups excluding carboxylic acids is 1. The van der Waals surface area contributed by atoms with Crippen LogP contribution in [0.3, 0.4) is 0 Å². The van der Waals surface area contributed by atoms with Gasteiger partial charge in [0.2, 0.25) is 0 Å². The molecule has 0 saturated heterocycles. The van der Waals surface area contributed by atoms with Crippen molar-refractivity contribution in [2.24, 2.45) is 0 Å². The predicted molar refractivity (Wildman–Crippen MR) is 72.3 cm³/mol. The van der Waals surface area contributed by atoms with Gasteiger partial charge in [0, 0.05) is 6.42 Å². The maximum Gasteiger partial charge on any atom is 0.158 e. The van der Waals surface area contributed by atoms with Crippen LogP contribution in [0.2, 0.25) is 0 Å². The fourth-order valence-electron chi connectivity index (χ4n) is 2.15. The maximum absolute atomic E-state index is 11.5. The molecule has 0 aromatic heterocycles. The van der Waals surface area contributed by atoms with E-state index < -0.39 is 0 Å². The summed E-state index contributed by atoms with van der Waals surface area (Å²) in [7, 11) is 0. The van der Waals surface area contributed by atoms with Gasteiger partial charge in [-0.2, -0.15) is 0 Å². The van der Waals surface area contributed by atoms with Gasteiger partial charge in [-0.3, -0.25) is 4.79 Å². The summed E-state index contributed by atoms with van der Waals surface area (Å²) in [4.78, 5) is 11.5. The summed E-state index contributed by atoms with van der Waals surface area (Å²) in [5.41, 5.74) is 2.20. The molecule has 1 unspecified atom stereocenters. The molecule has 0 aliphatic heterocycles. The highest BCUT2D eigenvalue weighted by atomic mass is 16.5. The fourth-order valence-corrected chi connectivity index (χ4v) is 2.15. The zero-order valence-electron chi connectivity index (χ0n) is 10.9. The van der Waals surface area contributed by atoms with Crippen molar-refractivity contribution in [2.75, 3.05) is 0 Å². The largest absolute Gasteiger partial charge is 0.374 e. The molecular formula is C16H20O2. The second-order valence-corrected chi connectivity index (χ2v) is 4.84. The second-order valence-electron chi connectivity index (χ2n) is 4.84. The minimum absolute atomic E-state index is 0.194. The Labute approximate surface area is 109 Å². The van der Waals surface area contributed by atoms with E-state index in [1.807, 2.05) is 18.2 Å². The van der Waals surface area contributed by atoms with E-state index in [9.17, 15) is 4.79 Å². The summed E-state index contributed by atoms with van der Waals surface area (Å²) in [6.45, 7) is 2.72. The van der Waals surface area contributed by atoms with Crippen molar-refractivity contribution < 1.29 is 9.53 Å². The fraction of sp³-hybridized carbons (Fsp3) is 0.438. The molecule has 2 nitrogen and oxygen atoms in total. The molecule has 0 bridgehead atoms. The number of hydrogen-bond acceptors (Lipinski definition) is 2. The van der Waals surface area contributed by atoms with Crippen LogP contribution in [0.25, 0.3) is 0 Å². The van der Waals surface area contributed by atoms with Gasteiger partial charge in [0.25, 0.3) is 0 Å². The topological polar surface area (TPSA) is 26.3 Å². The van der Waals surface area contributed by atoms with Gasteiger partial charge in [0.1, 0.15) is 0 Å². The normalized spacial score (nSPS) is 16.7. The number of Topliss-reactive ketones (excluding diaryl/α,β-unsaturated/α-hetero) is 1. The van der Waals surface area contributed by atoms with Gasteiger partial charge in [-0.05, 0) is 37.3 Å². The van der Waals surface area contributed by atoms with E-state index in [4.69, 9.17) is 4.74 Å². The lowest BCUT2D eigenvalue weighted by atomic mass is 10.1. The minimum atomic E-state index is 0.194. The number of allylic oxidation sites excluding steroid dienone is 2. The zero-order chi connectivity index (χ0) is 12.8. The Morgan fingerprint density at radius 1 is 1.28 bits per heavy atom. The molecule has 0 fully saturated rings.